The summed E-state index contributed by atoms with van der Waals surface area (Å²) in [5.74, 6) is -1.07. The molecule has 0 aromatic heterocycles. The summed E-state index contributed by atoms with van der Waals surface area (Å²) in [6, 6.07) is 10.1. The van der Waals surface area contributed by atoms with Crippen LogP contribution in [0.25, 0.3) is 0 Å². The highest BCUT2D eigenvalue weighted by atomic mass is 19.1. The van der Waals surface area contributed by atoms with E-state index in [4.69, 9.17) is 15.7 Å². The van der Waals surface area contributed by atoms with Crippen molar-refractivity contribution in [3.05, 3.63) is 64.7 Å². The second kappa shape index (κ2) is 6.33. The minimum absolute atomic E-state index is 0.0307. The molecule has 21 heavy (non-hydrogen) atoms. The zero-order valence-electron chi connectivity index (χ0n) is 11.4. The maximum absolute atomic E-state index is 13.8. The van der Waals surface area contributed by atoms with Gasteiger partial charge in [0.25, 0.3) is 0 Å². The van der Waals surface area contributed by atoms with E-state index >= 15 is 0 Å². The molecule has 0 fully saturated rings. The van der Waals surface area contributed by atoms with Crippen molar-refractivity contribution >= 4 is 0 Å². The summed E-state index contributed by atoms with van der Waals surface area (Å²) in [5.41, 5.74) is 6.80. The molecule has 0 radical (unpaired) electrons. The van der Waals surface area contributed by atoms with E-state index in [2.05, 4.69) is 0 Å². The number of hydrogen-bond donors (Lipinski definition) is 1. The number of rotatable bonds is 4. The van der Waals surface area contributed by atoms with Crippen molar-refractivity contribution in [1.29, 1.82) is 5.26 Å². The minimum atomic E-state index is -0.554. The maximum atomic E-state index is 13.8. The van der Waals surface area contributed by atoms with Gasteiger partial charge in [-0.15, -0.1) is 0 Å². The number of nitrogens with zero attached hydrogens (tertiary/aromatic N) is 1. The largest absolute Gasteiger partial charge is 0.486 e. The topological polar surface area (TPSA) is 59.0 Å². The third kappa shape index (κ3) is 3.56. The van der Waals surface area contributed by atoms with Gasteiger partial charge in [0, 0.05) is 11.6 Å². The van der Waals surface area contributed by atoms with E-state index in [0.29, 0.717) is 5.56 Å². The molecule has 0 heterocycles. The number of benzene rings is 2. The first-order chi connectivity index (χ1) is 10.0. The fourth-order valence-corrected chi connectivity index (χ4v) is 1.81. The molecule has 108 valence electrons. The maximum Gasteiger partial charge on any atom is 0.165 e. The molecule has 0 aliphatic carbocycles. The van der Waals surface area contributed by atoms with Gasteiger partial charge in [-0.25, -0.2) is 8.78 Å². The van der Waals surface area contributed by atoms with Gasteiger partial charge in [-0.05, 0) is 36.8 Å². The number of halogens is 2. The molecule has 0 saturated carbocycles. The lowest BCUT2D eigenvalue weighted by molar-refractivity contribution is 0.284. The highest BCUT2D eigenvalue weighted by molar-refractivity contribution is 5.34. The Morgan fingerprint density at radius 2 is 1.95 bits per heavy atom. The van der Waals surface area contributed by atoms with E-state index in [1.807, 2.05) is 6.07 Å². The predicted molar refractivity (Wildman–Crippen MR) is 74.4 cm³/mol. The molecule has 0 aliphatic heterocycles. The molecule has 2 N–H and O–H groups in total. The molecule has 1 unspecified atom stereocenters. The van der Waals surface area contributed by atoms with Crippen LogP contribution in [-0.2, 0) is 6.61 Å². The van der Waals surface area contributed by atoms with Crippen LogP contribution in [0.3, 0.4) is 0 Å². The molecule has 2 rings (SSSR count). The number of hydrogen-bond acceptors (Lipinski definition) is 3. The smallest absolute Gasteiger partial charge is 0.165 e. The van der Waals surface area contributed by atoms with Crippen LogP contribution >= 0.6 is 0 Å². The fraction of sp³-hybridized carbons (Fsp3) is 0.188. The monoisotopic (exact) mass is 288 g/mol. The zero-order valence-corrected chi connectivity index (χ0v) is 11.4. The number of nitrogens with two attached hydrogens (primary N) is 1. The third-order valence-electron chi connectivity index (χ3n) is 3.05. The summed E-state index contributed by atoms with van der Waals surface area (Å²) in [7, 11) is 0. The van der Waals surface area contributed by atoms with Gasteiger partial charge < -0.3 is 10.5 Å². The standard InChI is InChI=1S/C16H14F2N2O/c1-10(20)12-4-5-16(15(18)7-12)21-9-13-3-2-11(8-19)6-14(13)17/h2-7,10H,9,20H2,1H3. The van der Waals surface area contributed by atoms with Gasteiger partial charge in [-0.1, -0.05) is 12.1 Å². The molecule has 3 nitrogen and oxygen atoms in total. The van der Waals surface area contributed by atoms with Crippen LogP contribution in [0, 0.1) is 23.0 Å². The Kier molecular flexibility index (Phi) is 4.51. The lowest BCUT2D eigenvalue weighted by Gasteiger charge is -2.11. The third-order valence-corrected chi connectivity index (χ3v) is 3.05. The number of nitriles is 1. The first-order valence-corrected chi connectivity index (χ1v) is 6.37. The Hall–Kier alpha value is -2.45. The Balaban J connectivity index is 2.12. The molecule has 1 atom stereocenters. The molecule has 0 saturated heterocycles. The molecule has 0 amide bonds. The van der Waals surface area contributed by atoms with Crippen molar-refractivity contribution in [3.8, 4) is 11.8 Å². The van der Waals surface area contributed by atoms with E-state index in [1.54, 1.807) is 13.0 Å². The van der Waals surface area contributed by atoms with Gasteiger partial charge in [0.05, 0.1) is 11.6 Å². The molecular formula is C16H14F2N2O. The zero-order chi connectivity index (χ0) is 15.4. The minimum Gasteiger partial charge on any atom is -0.486 e. The van der Waals surface area contributed by atoms with E-state index < -0.39 is 11.6 Å². The predicted octanol–water partition coefficient (Wildman–Crippen LogP) is 3.44. The average Bonchev–Trinajstić information content (AvgIpc) is 2.46. The summed E-state index contributed by atoms with van der Waals surface area (Å²) >= 11 is 0. The van der Waals surface area contributed by atoms with Gasteiger partial charge in [-0.3, -0.25) is 0 Å². The van der Waals surface area contributed by atoms with Crippen molar-refractivity contribution < 1.29 is 13.5 Å². The highest BCUT2D eigenvalue weighted by Crippen LogP contribution is 2.22. The highest BCUT2D eigenvalue weighted by Gasteiger charge is 2.09. The van der Waals surface area contributed by atoms with Crippen LogP contribution in [0.2, 0.25) is 0 Å². The first-order valence-electron chi connectivity index (χ1n) is 6.37. The fourth-order valence-electron chi connectivity index (χ4n) is 1.81. The quantitative estimate of drug-likeness (QED) is 0.937. The van der Waals surface area contributed by atoms with Gasteiger partial charge >= 0.3 is 0 Å². The van der Waals surface area contributed by atoms with Gasteiger partial charge in [0.2, 0.25) is 0 Å². The first kappa shape index (κ1) is 14.9. The summed E-state index contributed by atoms with van der Waals surface area (Å²) in [6.07, 6.45) is 0. The summed E-state index contributed by atoms with van der Waals surface area (Å²) in [5, 5.41) is 8.66. The van der Waals surface area contributed by atoms with E-state index in [0.717, 1.165) is 6.07 Å². The van der Waals surface area contributed by atoms with Gasteiger partial charge in [0.15, 0.2) is 11.6 Å². The summed E-state index contributed by atoms with van der Waals surface area (Å²) < 4.78 is 32.8. The van der Waals surface area contributed by atoms with Crippen molar-refractivity contribution in [1.82, 2.24) is 0 Å². The second-order valence-electron chi connectivity index (χ2n) is 4.69. The Morgan fingerprint density at radius 1 is 1.19 bits per heavy atom. The molecule has 5 heteroatoms. The van der Waals surface area contributed by atoms with Crippen LogP contribution in [0.15, 0.2) is 36.4 Å². The van der Waals surface area contributed by atoms with Crippen LogP contribution < -0.4 is 10.5 Å². The molecule has 2 aromatic rings. The van der Waals surface area contributed by atoms with Gasteiger partial charge in [-0.2, -0.15) is 5.26 Å². The van der Waals surface area contributed by atoms with Crippen LogP contribution in [-0.4, -0.2) is 0 Å². The Bertz CT molecular complexity index is 693. The van der Waals surface area contributed by atoms with Crippen molar-refractivity contribution in [2.75, 3.05) is 0 Å². The van der Waals surface area contributed by atoms with E-state index in [1.165, 1.54) is 24.3 Å². The number of ether oxygens (including phenoxy) is 1. The van der Waals surface area contributed by atoms with Gasteiger partial charge in [0.1, 0.15) is 12.4 Å². The molecule has 0 spiro atoms. The SMILES string of the molecule is CC(N)c1ccc(OCc2ccc(C#N)cc2F)c(F)c1. The average molecular weight is 288 g/mol. The molecular weight excluding hydrogens is 274 g/mol. The molecule has 0 bridgehead atoms. The Labute approximate surface area is 121 Å². The Morgan fingerprint density at radius 3 is 2.52 bits per heavy atom. The van der Waals surface area contributed by atoms with Crippen molar-refractivity contribution in [3.63, 3.8) is 0 Å². The van der Waals surface area contributed by atoms with E-state index in [9.17, 15) is 8.78 Å². The second-order valence-corrected chi connectivity index (χ2v) is 4.69. The van der Waals surface area contributed by atoms with Crippen LogP contribution in [0.5, 0.6) is 5.75 Å². The van der Waals surface area contributed by atoms with Crippen molar-refractivity contribution in [2.24, 2.45) is 5.73 Å². The van der Waals surface area contributed by atoms with E-state index in [-0.39, 0.29) is 29.5 Å². The molecule has 0 aliphatic rings. The van der Waals surface area contributed by atoms with Crippen LogP contribution in [0.1, 0.15) is 29.7 Å². The summed E-state index contributed by atoms with van der Waals surface area (Å²) in [6.45, 7) is 1.63. The molecule has 2 aromatic carbocycles. The van der Waals surface area contributed by atoms with Crippen molar-refractivity contribution in [2.45, 2.75) is 19.6 Å². The lowest BCUT2D eigenvalue weighted by atomic mass is 10.1. The normalized spacial score (nSPS) is 11.8. The summed E-state index contributed by atoms with van der Waals surface area (Å²) in [4.78, 5) is 0. The lowest BCUT2D eigenvalue weighted by Crippen LogP contribution is -2.06. The van der Waals surface area contributed by atoms with Crippen LogP contribution in [0.4, 0.5) is 8.78 Å².